The van der Waals surface area contributed by atoms with Crippen LogP contribution in [0.25, 0.3) is 0 Å². The lowest BCUT2D eigenvalue weighted by Crippen LogP contribution is -1.91. The lowest BCUT2D eigenvalue weighted by atomic mass is 10.2. The van der Waals surface area contributed by atoms with Crippen LogP contribution < -0.4 is 0 Å². The zero-order valence-electron chi connectivity index (χ0n) is 7.79. The molecule has 1 aromatic heterocycles. The molecule has 70 valence electrons. The van der Waals surface area contributed by atoms with Crippen molar-refractivity contribution in [2.45, 2.75) is 26.7 Å². The molecule has 2 nitrogen and oxygen atoms in total. The molecule has 13 heavy (non-hydrogen) atoms. The van der Waals surface area contributed by atoms with Gasteiger partial charge in [0.05, 0.1) is 4.88 Å². The highest BCUT2D eigenvalue weighted by Gasteiger charge is 2.04. The third-order valence-electron chi connectivity index (χ3n) is 1.73. The highest BCUT2D eigenvalue weighted by molar-refractivity contribution is 7.14. The molecule has 0 amide bonds. The lowest BCUT2D eigenvalue weighted by Gasteiger charge is -1.91. The van der Waals surface area contributed by atoms with E-state index in [1.54, 1.807) is 13.8 Å². The number of aryl methyl sites for hydroxylation is 1. The summed E-state index contributed by atoms with van der Waals surface area (Å²) in [6.07, 6.45) is 1.32. The van der Waals surface area contributed by atoms with Gasteiger partial charge in [0.15, 0.2) is 5.78 Å². The molecule has 0 atom stereocenters. The minimum absolute atomic E-state index is 0.0964. The zero-order chi connectivity index (χ0) is 9.84. The van der Waals surface area contributed by atoms with Crippen LogP contribution in [0.1, 0.15) is 34.8 Å². The number of ketones is 2. The third kappa shape index (κ3) is 3.11. The molecule has 0 aliphatic rings. The number of thiophene rings is 1. The number of hydrogen-bond acceptors (Lipinski definition) is 3. The summed E-state index contributed by atoms with van der Waals surface area (Å²) in [5.41, 5.74) is 0. The van der Waals surface area contributed by atoms with Gasteiger partial charge < -0.3 is 4.79 Å². The number of hydrogen-bond donors (Lipinski definition) is 0. The van der Waals surface area contributed by atoms with E-state index in [9.17, 15) is 9.59 Å². The summed E-state index contributed by atoms with van der Waals surface area (Å²) >= 11 is 1.48. The Labute approximate surface area is 81.6 Å². The SMILES string of the molecule is CC(=O)CCc1ccc(C(C)=O)s1. The Morgan fingerprint density at radius 2 is 2.00 bits per heavy atom. The first-order chi connectivity index (χ1) is 6.09. The summed E-state index contributed by atoms with van der Waals surface area (Å²) in [5, 5.41) is 0. The predicted octanol–water partition coefficient (Wildman–Crippen LogP) is 2.47. The van der Waals surface area contributed by atoms with Crippen molar-refractivity contribution in [3.63, 3.8) is 0 Å². The molecule has 0 saturated heterocycles. The Morgan fingerprint density at radius 1 is 1.31 bits per heavy atom. The molecule has 0 saturated carbocycles. The Kier molecular flexibility index (Phi) is 3.37. The minimum Gasteiger partial charge on any atom is -0.300 e. The minimum atomic E-state index is 0.0964. The number of carbonyl (C=O) groups is 2. The first-order valence-electron chi connectivity index (χ1n) is 4.18. The molecule has 0 aliphatic carbocycles. The first kappa shape index (κ1) is 10.1. The van der Waals surface area contributed by atoms with Crippen molar-refractivity contribution in [1.29, 1.82) is 0 Å². The van der Waals surface area contributed by atoms with Crippen molar-refractivity contribution in [2.24, 2.45) is 0 Å². The molecule has 0 N–H and O–H groups in total. The number of rotatable bonds is 4. The number of Topliss-reactive ketones (excluding diaryl/α,β-unsaturated/α-hetero) is 2. The van der Waals surface area contributed by atoms with Crippen LogP contribution in [0.15, 0.2) is 12.1 Å². The maximum atomic E-state index is 10.9. The van der Waals surface area contributed by atoms with Gasteiger partial charge >= 0.3 is 0 Å². The van der Waals surface area contributed by atoms with Crippen LogP contribution in [-0.4, -0.2) is 11.6 Å². The molecule has 0 radical (unpaired) electrons. The second-order valence-corrected chi connectivity index (χ2v) is 4.19. The number of carbonyl (C=O) groups excluding carboxylic acids is 2. The smallest absolute Gasteiger partial charge is 0.169 e. The van der Waals surface area contributed by atoms with Gasteiger partial charge in [0, 0.05) is 11.3 Å². The molecule has 0 aromatic carbocycles. The highest BCUT2D eigenvalue weighted by atomic mass is 32.1. The Bertz CT molecular complexity index is 325. The quantitative estimate of drug-likeness (QED) is 0.693. The van der Waals surface area contributed by atoms with Crippen molar-refractivity contribution in [1.82, 2.24) is 0 Å². The molecule has 1 rings (SSSR count). The maximum Gasteiger partial charge on any atom is 0.169 e. The molecule has 1 heterocycles. The molecular weight excluding hydrogens is 184 g/mol. The average Bonchev–Trinajstić information content (AvgIpc) is 2.48. The third-order valence-corrected chi connectivity index (χ3v) is 2.98. The second-order valence-electron chi connectivity index (χ2n) is 3.02. The van der Waals surface area contributed by atoms with Crippen molar-refractivity contribution in [3.05, 3.63) is 21.9 Å². The summed E-state index contributed by atoms with van der Waals surface area (Å²) in [7, 11) is 0. The molecule has 0 fully saturated rings. The maximum absolute atomic E-state index is 10.9. The predicted molar refractivity (Wildman–Crippen MR) is 53.3 cm³/mol. The van der Waals surface area contributed by atoms with Crippen LogP contribution in [0.2, 0.25) is 0 Å². The van der Waals surface area contributed by atoms with Crippen molar-refractivity contribution in [2.75, 3.05) is 0 Å². The van der Waals surface area contributed by atoms with Crippen LogP contribution in [0.4, 0.5) is 0 Å². The summed E-state index contributed by atoms with van der Waals surface area (Å²) in [5.74, 6) is 0.289. The Hall–Kier alpha value is -0.960. The molecular formula is C10H12O2S. The van der Waals surface area contributed by atoms with Crippen LogP contribution in [0.5, 0.6) is 0 Å². The van der Waals surface area contributed by atoms with Gasteiger partial charge in [-0.15, -0.1) is 11.3 Å². The van der Waals surface area contributed by atoms with E-state index in [1.165, 1.54) is 11.3 Å². The van der Waals surface area contributed by atoms with Gasteiger partial charge in [-0.3, -0.25) is 4.79 Å². The summed E-state index contributed by atoms with van der Waals surface area (Å²) in [6.45, 7) is 3.14. The van der Waals surface area contributed by atoms with Gasteiger partial charge in [-0.05, 0) is 32.4 Å². The topological polar surface area (TPSA) is 34.1 Å². The molecule has 3 heteroatoms. The fourth-order valence-electron chi connectivity index (χ4n) is 1.00. The fourth-order valence-corrected chi connectivity index (χ4v) is 1.90. The molecule has 0 aliphatic heterocycles. The normalized spacial score (nSPS) is 10.0. The monoisotopic (exact) mass is 196 g/mol. The van der Waals surface area contributed by atoms with E-state index >= 15 is 0 Å². The van der Waals surface area contributed by atoms with E-state index in [1.807, 2.05) is 12.1 Å². The van der Waals surface area contributed by atoms with E-state index in [0.29, 0.717) is 6.42 Å². The lowest BCUT2D eigenvalue weighted by molar-refractivity contribution is -0.116. The van der Waals surface area contributed by atoms with Crippen LogP contribution in [0.3, 0.4) is 0 Å². The van der Waals surface area contributed by atoms with Crippen molar-refractivity contribution < 1.29 is 9.59 Å². The van der Waals surface area contributed by atoms with E-state index in [2.05, 4.69) is 0 Å². The van der Waals surface area contributed by atoms with Crippen LogP contribution >= 0.6 is 11.3 Å². The van der Waals surface area contributed by atoms with Gasteiger partial charge in [0.1, 0.15) is 5.78 Å². The van der Waals surface area contributed by atoms with E-state index in [4.69, 9.17) is 0 Å². The van der Waals surface area contributed by atoms with Crippen molar-refractivity contribution in [3.8, 4) is 0 Å². The second kappa shape index (κ2) is 4.33. The Balaban J connectivity index is 2.59. The van der Waals surface area contributed by atoms with Gasteiger partial charge in [0.2, 0.25) is 0 Å². The summed E-state index contributed by atoms with van der Waals surface area (Å²) in [6, 6.07) is 3.74. The summed E-state index contributed by atoms with van der Waals surface area (Å²) < 4.78 is 0. The van der Waals surface area contributed by atoms with E-state index in [0.717, 1.165) is 16.2 Å². The molecule has 0 unspecified atom stereocenters. The van der Waals surface area contributed by atoms with Crippen LogP contribution in [0, 0.1) is 0 Å². The van der Waals surface area contributed by atoms with Crippen molar-refractivity contribution >= 4 is 22.9 Å². The zero-order valence-corrected chi connectivity index (χ0v) is 8.61. The molecule has 0 spiro atoms. The molecule has 0 bridgehead atoms. The van der Waals surface area contributed by atoms with Gasteiger partial charge in [0.25, 0.3) is 0 Å². The largest absolute Gasteiger partial charge is 0.300 e. The van der Waals surface area contributed by atoms with Gasteiger partial charge in [-0.2, -0.15) is 0 Å². The van der Waals surface area contributed by atoms with E-state index < -0.39 is 0 Å². The summed E-state index contributed by atoms with van der Waals surface area (Å²) in [4.78, 5) is 23.5. The molecule has 1 aromatic rings. The van der Waals surface area contributed by atoms with Gasteiger partial charge in [-0.1, -0.05) is 0 Å². The average molecular weight is 196 g/mol. The van der Waals surface area contributed by atoms with Crippen LogP contribution in [-0.2, 0) is 11.2 Å². The van der Waals surface area contributed by atoms with E-state index in [-0.39, 0.29) is 11.6 Å². The fraction of sp³-hybridized carbons (Fsp3) is 0.400. The Morgan fingerprint density at radius 3 is 2.46 bits per heavy atom. The first-order valence-corrected chi connectivity index (χ1v) is 5.00. The highest BCUT2D eigenvalue weighted by Crippen LogP contribution is 2.18. The van der Waals surface area contributed by atoms with Gasteiger partial charge in [-0.25, -0.2) is 0 Å². The standard InChI is InChI=1S/C10H12O2S/c1-7(11)3-4-9-5-6-10(13-9)8(2)12/h5-6H,3-4H2,1-2H3.